The molecule has 1 fully saturated rings. The molecule has 1 aromatic rings. The second-order valence-electron chi connectivity index (χ2n) is 6.42. The number of nitrogens with two attached hydrogens (primary N) is 1. The van der Waals surface area contributed by atoms with Crippen LogP contribution < -0.4 is 5.73 Å². The van der Waals surface area contributed by atoms with Gasteiger partial charge in [0.15, 0.2) is 0 Å². The molecule has 8 heteroatoms. The zero-order valence-electron chi connectivity index (χ0n) is 12.8. The van der Waals surface area contributed by atoms with Crippen LogP contribution in [0.5, 0.6) is 0 Å². The standard InChI is InChI=1S/C14H18BF4NO2/c1-12(2)13(3,4)22-15(21-12)11(20)8-5-9(14(17,18)19)7-10(16)6-8/h5-7,11H,20H2,1-4H3/t11-/m1/s1. The Bertz CT molecular complexity index is 558. The molecule has 1 aliphatic heterocycles. The van der Waals surface area contributed by atoms with E-state index < -0.39 is 41.8 Å². The fourth-order valence-electron chi connectivity index (χ4n) is 2.16. The zero-order chi connectivity index (χ0) is 16.9. The Labute approximate surface area is 126 Å². The van der Waals surface area contributed by atoms with Gasteiger partial charge in [-0.1, -0.05) is 0 Å². The van der Waals surface area contributed by atoms with Crippen LogP contribution in [-0.4, -0.2) is 18.3 Å². The number of hydrogen-bond acceptors (Lipinski definition) is 3. The molecule has 1 aromatic carbocycles. The molecule has 2 rings (SSSR count). The predicted molar refractivity (Wildman–Crippen MR) is 74.4 cm³/mol. The van der Waals surface area contributed by atoms with E-state index in [1.54, 1.807) is 27.7 Å². The van der Waals surface area contributed by atoms with E-state index in [1.807, 2.05) is 0 Å². The summed E-state index contributed by atoms with van der Waals surface area (Å²) in [5.41, 5.74) is 3.49. The minimum Gasteiger partial charge on any atom is -0.402 e. The number of hydrogen-bond donors (Lipinski definition) is 1. The van der Waals surface area contributed by atoms with E-state index in [2.05, 4.69) is 0 Å². The van der Waals surface area contributed by atoms with Gasteiger partial charge in [0.05, 0.1) is 22.7 Å². The van der Waals surface area contributed by atoms with Gasteiger partial charge in [0.25, 0.3) is 0 Å². The lowest BCUT2D eigenvalue weighted by molar-refractivity contribution is -0.137. The summed E-state index contributed by atoms with van der Waals surface area (Å²) < 4.78 is 63.2. The normalized spacial score (nSPS) is 22.0. The molecule has 0 bridgehead atoms. The summed E-state index contributed by atoms with van der Waals surface area (Å²) in [5, 5.41) is 0. The lowest BCUT2D eigenvalue weighted by Gasteiger charge is -2.32. The Morgan fingerprint density at radius 1 is 1.05 bits per heavy atom. The van der Waals surface area contributed by atoms with Crippen LogP contribution in [0.25, 0.3) is 0 Å². The van der Waals surface area contributed by atoms with Crippen LogP contribution >= 0.6 is 0 Å². The maximum atomic E-state index is 13.5. The van der Waals surface area contributed by atoms with Crippen molar-refractivity contribution in [1.29, 1.82) is 0 Å². The Morgan fingerprint density at radius 2 is 1.55 bits per heavy atom. The first-order valence-electron chi connectivity index (χ1n) is 6.82. The Morgan fingerprint density at radius 3 is 2.00 bits per heavy atom. The van der Waals surface area contributed by atoms with Gasteiger partial charge in [0.2, 0.25) is 0 Å². The fourth-order valence-corrected chi connectivity index (χ4v) is 2.16. The van der Waals surface area contributed by atoms with E-state index in [0.29, 0.717) is 6.07 Å². The van der Waals surface area contributed by atoms with Crippen molar-refractivity contribution in [2.24, 2.45) is 5.73 Å². The fraction of sp³-hybridized carbons (Fsp3) is 0.571. The maximum absolute atomic E-state index is 13.5. The maximum Gasteiger partial charge on any atom is 0.480 e. The van der Waals surface area contributed by atoms with Crippen molar-refractivity contribution in [3.05, 3.63) is 35.1 Å². The number of rotatable bonds is 2. The molecule has 2 N–H and O–H groups in total. The van der Waals surface area contributed by atoms with Crippen molar-refractivity contribution >= 4 is 7.12 Å². The largest absolute Gasteiger partial charge is 0.480 e. The molecule has 1 heterocycles. The molecule has 0 aromatic heterocycles. The van der Waals surface area contributed by atoms with Crippen LogP contribution in [-0.2, 0) is 15.5 Å². The van der Waals surface area contributed by atoms with Crippen molar-refractivity contribution in [2.45, 2.75) is 51.0 Å². The molecule has 1 saturated heterocycles. The second kappa shape index (κ2) is 5.21. The summed E-state index contributed by atoms with van der Waals surface area (Å²) in [6, 6.07) is 2.21. The van der Waals surface area contributed by atoms with Gasteiger partial charge in [-0.3, -0.25) is 0 Å². The molecular weight excluding hydrogens is 301 g/mol. The van der Waals surface area contributed by atoms with Gasteiger partial charge >= 0.3 is 13.3 Å². The van der Waals surface area contributed by atoms with Crippen LogP contribution in [0.2, 0.25) is 0 Å². The van der Waals surface area contributed by atoms with E-state index >= 15 is 0 Å². The monoisotopic (exact) mass is 319 g/mol. The van der Waals surface area contributed by atoms with Gasteiger partial charge in [-0.05, 0) is 51.5 Å². The number of benzene rings is 1. The summed E-state index contributed by atoms with van der Waals surface area (Å²) >= 11 is 0. The summed E-state index contributed by atoms with van der Waals surface area (Å²) in [7, 11) is -0.951. The second-order valence-corrected chi connectivity index (χ2v) is 6.42. The Balaban J connectivity index is 2.32. The molecule has 3 nitrogen and oxygen atoms in total. The van der Waals surface area contributed by atoms with Crippen LogP contribution in [0.1, 0.15) is 44.8 Å². The van der Waals surface area contributed by atoms with Crippen molar-refractivity contribution in [3.63, 3.8) is 0 Å². The first-order valence-corrected chi connectivity index (χ1v) is 6.82. The highest BCUT2D eigenvalue weighted by Crippen LogP contribution is 2.40. The number of halogens is 4. The SMILES string of the molecule is CC1(C)OB([C@H](N)c2cc(F)cc(C(F)(F)F)c2)OC1(C)C. The molecule has 0 spiro atoms. The van der Waals surface area contributed by atoms with Gasteiger partial charge in [0.1, 0.15) is 5.82 Å². The third-order valence-electron chi connectivity index (χ3n) is 4.20. The molecule has 0 aliphatic carbocycles. The van der Waals surface area contributed by atoms with Gasteiger partial charge in [0, 0.05) is 0 Å². The zero-order valence-corrected chi connectivity index (χ0v) is 12.8. The highest BCUT2D eigenvalue weighted by Gasteiger charge is 2.53. The first-order chi connectivity index (χ1) is 9.83. The lowest BCUT2D eigenvalue weighted by atomic mass is 9.74. The molecule has 1 aliphatic rings. The molecule has 22 heavy (non-hydrogen) atoms. The first kappa shape index (κ1) is 17.2. The van der Waals surface area contributed by atoms with Gasteiger partial charge in [-0.25, -0.2) is 4.39 Å². The van der Waals surface area contributed by atoms with E-state index in [-0.39, 0.29) is 5.56 Å². The Hall–Kier alpha value is -1.12. The molecule has 1 atom stereocenters. The van der Waals surface area contributed by atoms with E-state index in [0.717, 1.165) is 12.1 Å². The summed E-state index contributed by atoms with van der Waals surface area (Å²) in [6.45, 7) is 7.19. The average Bonchev–Trinajstić information content (AvgIpc) is 2.55. The average molecular weight is 319 g/mol. The van der Waals surface area contributed by atoms with Crippen LogP contribution in [0.3, 0.4) is 0 Å². The topological polar surface area (TPSA) is 44.5 Å². The minimum atomic E-state index is -4.65. The summed E-state index contributed by atoms with van der Waals surface area (Å²) in [6.07, 6.45) is -4.65. The molecule has 0 saturated carbocycles. The molecule has 0 amide bonds. The molecule has 122 valence electrons. The highest BCUT2D eigenvalue weighted by molar-refractivity contribution is 6.47. The third kappa shape index (κ3) is 3.14. The smallest absolute Gasteiger partial charge is 0.402 e. The van der Waals surface area contributed by atoms with E-state index in [9.17, 15) is 17.6 Å². The van der Waals surface area contributed by atoms with Crippen LogP contribution in [0.4, 0.5) is 17.6 Å². The summed E-state index contributed by atoms with van der Waals surface area (Å²) in [4.78, 5) is 0. The van der Waals surface area contributed by atoms with Crippen molar-refractivity contribution in [1.82, 2.24) is 0 Å². The Kier molecular flexibility index (Phi) is 4.09. The predicted octanol–water partition coefficient (Wildman–Crippen LogP) is 3.48. The van der Waals surface area contributed by atoms with Crippen LogP contribution in [0, 0.1) is 5.82 Å². The minimum absolute atomic E-state index is 0.0224. The highest BCUT2D eigenvalue weighted by atomic mass is 19.4. The molecule has 0 unspecified atom stereocenters. The van der Waals surface area contributed by atoms with Gasteiger partial charge in [-0.2, -0.15) is 13.2 Å². The third-order valence-corrected chi connectivity index (χ3v) is 4.20. The van der Waals surface area contributed by atoms with Crippen molar-refractivity contribution in [3.8, 4) is 0 Å². The molecular formula is C14H18BF4NO2. The van der Waals surface area contributed by atoms with Crippen molar-refractivity contribution < 1.29 is 26.9 Å². The van der Waals surface area contributed by atoms with E-state index in [4.69, 9.17) is 15.0 Å². The van der Waals surface area contributed by atoms with Gasteiger partial charge in [-0.15, -0.1) is 0 Å². The van der Waals surface area contributed by atoms with Crippen molar-refractivity contribution in [2.75, 3.05) is 0 Å². The quantitative estimate of drug-likeness (QED) is 0.670. The lowest BCUT2D eigenvalue weighted by Crippen LogP contribution is -2.41. The molecule has 0 radical (unpaired) electrons. The summed E-state index contributed by atoms with van der Waals surface area (Å²) in [5.74, 6) is -2.03. The number of alkyl halides is 3. The van der Waals surface area contributed by atoms with Crippen LogP contribution in [0.15, 0.2) is 18.2 Å². The van der Waals surface area contributed by atoms with E-state index in [1.165, 1.54) is 0 Å². The van der Waals surface area contributed by atoms with Gasteiger partial charge < -0.3 is 15.0 Å².